The van der Waals surface area contributed by atoms with E-state index in [1.165, 1.54) is 0 Å². The van der Waals surface area contributed by atoms with Crippen molar-refractivity contribution in [2.24, 2.45) is 0 Å². The van der Waals surface area contributed by atoms with Gasteiger partial charge in [0.2, 0.25) is 11.8 Å². The fraction of sp³-hybridized carbons (Fsp3) is 0.500. The predicted octanol–water partition coefficient (Wildman–Crippen LogP) is 0.490. The van der Waals surface area contributed by atoms with Crippen molar-refractivity contribution >= 4 is 5.95 Å². The Labute approximate surface area is 111 Å². The number of rotatable bonds is 3. The van der Waals surface area contributed by atoms with E-state index in [-0.39, 0.29) is 0 Å². The monoisotopic (exact) mass is 260 g/mol. The van der Waals surface area contributed by atoms with Crippen molar-refractivity contribution in [3.63, 3.8) is 0 Å². The first-order chi connectivity index (χ1) is 9.31. The standard InChI is InChI=1S/C12H16N6O/c1-10-15-11(16-19-10)9-17-5-7-18(8-6-17)12-13-3-2-4-14-12/h2-4H,5-9H2,1H3. The third-order valence-corrected chi connectivity index (χ3v) is 3.14. The Morgan fingerprint density at radius 2 is 1.89 bits per heavy atom. The summed E-state index contributed by atoms with van der Waals surface area (Å²) in [4.78, 5) is 17.3. The number of piperazine rings is 1. The summed E-state index contributed by atoms with van der Waals surface area (Å²) >= 11 is 0. The van der Waals surface area contributed by atoms with Gasteiger partial charge in [0.05, 0.1) is 6.54 Å². The van der Waals surface area contributed by atoms with E-state index in [0.717, 1.165) is 44.5 Å². The summed E-state index contributed by atoms with van der Waals surface area (Å²) in [5, 5.41) is 3.92. The molecule has 0 amide bonds. The topological polar surface area (TPSA) is 71.2 Å². The van der Waals surface area contributed by atoms with Crippen LogP contribution in [0.15, 0.2) is 23.0 Å². The van der Waals surface area contributed by atoms with E-state index in [2.05, 4.69) is 29.9 Å². The maximum absolute atomic E-state index is 4.98. The van der Waals surface area contributed by atoms with Crippen LogP contribution in [0.3, 0.4) is 0 Å². The maximum Gasteiger partial charge on any atom is 0.225 e. The molecule has 0 spiro atoms. The van der Waals surface area contributed by atoms with Gasteiger partial charge in [-0.25, -0.2) is 9.97 Å². The molecule has 1 saturated heterocycles. The summed E-state index contributed by atoms with van der Waals surface area (Å²) < 4.78 is 4.98. The second kappa shape index (κ2) is 5.31. The molecule has 1 aliphatic rings. The molecule has 0 radical (unpaired) electrons. The van der Waals surface area contributed by atoms with Crippen molar-refractivity contribution in [2.45, 2.75) is 13.5 Å². The third kappa shape index (κ3) is 2.87. The molecule has 0 bridgehead atoms. The van der Waals surface area contributed by atoms with Crippen molar-refractivity contribution in [3.8, 4) is 0 Å². The van der Waals surface area contributed by atoms with Gasteiger partial charge in [0.1, 0.15) is 0 Å². The lowest BCUT2D eigenvalue weighted by Crippen LogP contribution is -2.46. The molecule has 0 unspecified atom stereocenters. The first-order valence-electron chi connectivity index (χ1n) is 6.35. The average Bonchev–Trinajstić information content (AvgIpc) is 2.86. The summed E-state index contributed by atoms with van der Waals surface area (Å²) in [7, 11) is 0. The summed E-state index contributed by atoms with van der Waals surface area (Å²) in [6, 6.07) is 1.83. The van der Waals surface area contributed by atoms with Crippen LogP contribution in [0.25, 0.3) is 0 Å². The fourth-order valence-corrected chi connectivity index (χ4v) is 2.17. The lowest BCUT2D eigenvalue weighted by atomic mass is 10.3. The Hall–Kier alpha value is -2.02. The lowest BCUT2D eigenvalue weighted by molar-refractivity contribution is 0.239. The molecule has 7 heteroatoms. The Balaban J connectivity index is 1.55. The zero-order valence-corrected chi connectivity index (χ0v) is 10.9. The van der Waals surface area contributed by atoms with Crippen molar-refractivity contribution in [1.29, 1.82) is 0 Å². The second-order valence-corrected chi connectivity index (χ2v) is 4.54. The van der Waals surface area contributed by atoms with Crippen LogP contribution in [-0.2, 0) is 6.54 Å². The van der Waals surface area contributed by atoms with Gasteiger partial charge in [0.15, 0.2) is 5.82 Å². The van der Waals surface area contributed by atoms with Crippen LogP contribution >= 0.6 is 0 Å². The highest BCUT2D eigenvalue weighted by atomic mass is 16.5. The predicted molar refractivity (Wildman–Crippen MR) is 68.6 cm³/mol. The molecule has 3 heterocycles. The molecule has 100 valence electrons. The minimum atomic E-state index is 0.617. The number of anilines is 1. The van der Waals surface area contributed by atoms with E-state index >= 15 is 0 Å². The molecule has 3 rings (SSSR count). The molecule has 2 aromatic heterocycles. The highest BCUT2D eigenvalue weighted by Crippen LogP contribution is 2.11. The van der Waals surface area contributed by atoms with Crippen LogP contribution in [0, 0.1) is 6.92 Å². The molecule has 19 heavy (non-hydrogen) atoms. The van der Waals surface area contributed by atoms with E-state index in [9.17, 15) is 0 Å². The molecule has 0 aliphatic carbocycles. The van der Waals surface area contributed by atoms with Crippen LogP contribution in [-0.4, -0.2) is 51.2 Å². The summed E-state index contributed by atoms with van der Waals surface area (Å²) in [6.07, 6.45) is 3.55. The van der Waals surface area contributed by atoms with Crippen LogP contribution < -0.4 is 4.90 Å². The number of hydrogen-bond acceptors (Lipinski definition) is 7. The second-order valence-electron chi connectivity index (χ2n) is 4.54. The Bertz CT molecular complexity index is 520. The quantitative estimate of drug-likeness (QED) is 0.795. The van der Waals surface area contributed by atoms with Gasteiger partial charge in [-0.3, -0.25) is 4.90 Å². The Morgan fingerprint density at radius 1 is 1.16 bits per heavy atom. The SMILES string of the molecule is Cc1nc(CN2CCN(c3ncccn3)CC2)no1. The number of aryl methyl sites for hydroxylation is 1. The Morgan fingerprint density at radius 3 is 2.53 bits per heavy atom. The molecule has 2 aromatic rings. The smallest absolute Gasteiger partial charge is 0.225 e. The van der Waals surface area contributed by atoms with Gasteiger partial charge in [0, 0.05) is 45.5 Å². The van der Waals surface area contributed by atoms with Gasteiger partial charge in [0.25, 0.3) is 0 Å². The largest absolute Gasteiger partial charge is 0.340 e. The summed E-state index contributed by atoms with van der Waals surface area (Å²) in [5.41, 5.74) is 0. The van der Waals surface area contributed by atoms with Crippen LogP contribution in [0.4, 0.5) is 5.95 Å². The molecule has 1 fully saturated rings. The van der Waals surface area contributed by atoms with Crippen molar-refractivity contribution < 1.29 is 4.52 Å². The highest BCUT2D eigenvalue weighted by molar-refractivity contribution is 5.29. The number of hydrogen-bond donors (Lipinski definition) is 0. The molecule has 0 atom stereocenters. The third-order valence-electron chi connectivity index (χ3n) is 3.14. The minimum absolute atomic E-state index is 0.617. The van der Waals surface area contributed by atoms with Gasteiger partial charge in [-0.1, -0.05) is 5.16 Å². The summed E-state index contributed by atoms with van der Waals surface area (Å²) in [6.45, 7) is 6.28. The number of nitrogens with zero attached hydrogens (tertiary/aromatic N) is 6. The van der Waals surface area contributed by atoms with Crippen LogP contribution in [0.5, 0.6) is 0 Å². The van der Waals surface area contributed by atoms with Crippen molar-refractivity contribution in [3.05, 3.63) is 30.2 Å². The van der Waals surface area contributed by atoms with Gasteiger partial charge >= 0.3 is 0 Å². The molecule has 1 aliphatic heterocycles. The van der Waals surface area contributed by atoms with E-state index in [0.29, 0.717) is 5.89 Å². The van der Waals surface area contributed by atoms with Gasteiger partial charge in [-0.05, 0) is 6.07 Å². The maximum atomic E-state index is 4.98. The normalized spacial score (nSPS) is 16.8. The van der Waals surface area contributed by atoms with E-state index in [4.69, 9.17) is 4.52 Å². The first-order valence-corrected chi connectivity index (χ1v) is 6.35. The number of aromatic nitrogens is 4. The molecule has 0 aromatic carbocycles. The van der Waals surface area contributed by atoms with E-state index < -0.39 is 0 Å². The van der Waals surface area contributed by atoms with Crippen molar-refractivity contribution in [2.75, 3.05) is 31.1 Å². The molecule has 0 N–H and O–H groups in total. The van der Waals surface area contributed by atoms with Crippen molar-refractivity contribution in [1.82, 2.24) is 25.0 Å². The van der Waals surface area contributed by atoms with E-state index in [1.807, 2.05) is 6.07 Å². The average molecular weight is 260 g/mol. The van der Waals surface area contributed by atoms with Gasteiger partial charge < -0.3 is 9.42 Å². The lowest BCUT2D eigenvalue weighted by Gasteiger charge is -2.33. The zero-order valence-electron chi connectivity index (χ0n) is 10.9. The fourth-order valence-electron chi connectivity index (χ4n) is 2.17. The Kier molecular flexibility index (Phi) is 3.37. The highest BCUT2D eigenvalue weighted by Gasteiger charge is 2.19. The molecular formula is C12H16N6O. The van der Waals surface area contributed by atoms with Crippen LogP contribution in [0.2, 0.25) is 0 Å². The van der Waals surface area contributed by atoms with Crippen LogP contribution in [0.1, 0.15) is 11.7 Å². The molecular weight excluding hydrogens is 244 g/mol. The first kappa shape index (κ1) is 12.0. The zero-order chi connectivity index (χ0) is 13.1. The van der Waals surface area contributed by atoms with Gasteiger partial charge in [-0.2, -0.15) is 4.98 Å². The molecule has 0 saturated carbocycles. The summed E-state index contributed by atoms with van der Waals surface area (Å²) in [5.74, 6) is 2.17. The molecule has 7 nitrogen and oxygen atoms in total. The van der Waals surface area contributed by atoms with Gasteiger partial charge in [-0.15, -0.1) is 0 Å². The van der Waals surface area contributed by atoms with E-state index in [1.54, 1.807) is 19.3 Å². The minimum Gasteiger partial charge on any atom is -0.340 e.